The van der Waals surface area contributed by atoms with Crippen LogP contribution in [0.1, 0.15) is 28.3 Å². The second-order valence-corrected chi connectivity index (χ2v) is 5.81. The molecule has 0 spiro atoms. The van der Waals surface area contributed by atoms with Crippen LogP contribution in [0, 0.1) is 19.7 Å². The second kappa shape index (κ2) is 5.85. The van der Waals surface area contributed by atoms with Crippen molar-refractivity contribution in [2.45, 2.75) is 26.3 Å². The van der Waals surface area contributed by atoms with E-state index in [4.69, 9.17) is 5.73 Å². The molecule has 19 heavy (non-hydrogen) atoms. The van der Waals surface area contributed by atoms with Gasteiger partial charge in [-0.1, -0.05) is 28.1 Å². The van der Waals surface area contributed by atoms with Crippen molar-refractivity contribution in [2.75, 3.05) is 0 Å². The van der Waals surface area contributed by atoms with E-state index in [1.165, 1.54) is 5.56 Å². The van der Waals surface area contributed by atoms with Crippen molar-refractivity contribution in [1.29, 1.82) is 0 Å². The molecule has 0 fully saturated rings. The zero-order valence-electron chi connectivity index (χ0n) is 11.1. The fourth-order valence-electron chi connectivity index (χ4n) is 2.48. The van der Waals surface area contributed by atoms with Crippen LogP contribution >= 0.6 is 15.9 Å². The molecule has 100 valence electrons. The minimum absolute atomic E-state index is 0.109. The molecule has 1 unspecified atom stereocenters. The van der Waals surface area contributed by atoms with Crippen LogP contribution in [0.4, 0.5) is 4.39 Å². The molecular formula is C16H17BrFN. The molecule has 0 saturated carbocycles. The molecule has 3 heteroatoms. The van der Waals surface area contributed by atoms with Gasteiger partial charge in [0.05, 0.1) is 0 Å². The molecule has 0 aromatic heterocycles. The van der Waals surface area contributed by atoms with E-state index in [0.717, 1.165) is 27.6 Å². The molecule has 0 amide bonds. The highest BCUT2D eigenvalue weighted by Crippen LogP contribution is 2.25. The molecule has 1 atom stereocenters. The minimum atomic E-state index is -0.199. The Bertz CT molecular complexity index is 555. The molecule has 0 heterocycles. The zero-order chi connectivity index (χ0) is 14.0. The number of rotatable bonds is 3. The van der Waals surface area contributed by atoms with Gasteiger partial charge in [0.15, 0.2) is 0 Å². The predicted molar refractivity (Wildman–Crippen MR) is 80.6 cm³/mol. The first-order valence-electron chi connectivity index (χ1n) is 6.24. The van der Waals surface area contributed by atoms with Crippen LogP contribution in [-0.4, -0.2) is 0 Å². The van der Waals surface area contributed by atoms with Crippen molar-refractivity contribution in [2.24, 2.45) is 5.73 Å². The first-order valence-corrected chi connectivity index (χ1v) is 7.03. The Morgan fingerprint density at radius 1 is 1.11 bits per heavy atom. The Morgan fingerprint density at radius 2 is 1.63 bits per heavy atom. The lowest BCUT2D eigenvalue weighted by atomic mass is 9.92. The summed E-state index contributed by atoms with van der Waals surface area (Å²) < 4.78 is 14.4. The van der Waals surface area contributed by atoms with E-state index in [1.807, 2.05) is 26.0 Å². The van der Waals surface area contributed by atoms with Crippen LogP contribution in [-0.2, 0) is 6.42 Å². The molecule has 0 saturated heterocycles. The summed E-state index contributed by atoms with van der Waals surface area (Å²) in [6.07, 6.45) is 0.751. The summed E-state index contributed by atoms with van der Waals surface area (Å²) in [6, 6.07) is 11.1. The van der Waals surface area contributed by atoms with Crippen molar-refractivity contribution >= 4 is 15.9 Å². The smallest absolute Gasteiger partial charge is 0.123 e. The molecule has 2 N–H and O–H groups in total. The molecule has 0 bridgehead atoms. The second-order valence-electron chi connectivity index (χ2n) is 4.89. The topological polar surface area (TPSA) is 26.0 Å². The Kier molecular flexibility index (Phi) is 4.38. The maximum Gasteiger partial charge on any atom is 0.123 e. The summed E-state index contributed by atoms with van der Waals surface area (Å²) >= 11 is 3.41. The molecule has 2 aromatic rings. The summed E-state index contributed by atoms with van der Waals surface area (Å²) in [7, 11) is 0. The number of hydrogen-bond acceptors (Lipinski definition) is 1. The summed E-state index contributed by atoms with van der Waals surface area (Å²) in [5, 5.41) is 0. The van der Waals surface area contributed by atoms with Gasteiger partial charge in [-0.2, -0.15) is 0 Å². The average Bonchev–Trinajstić information content (AvgIpc) is 2.30. The van der Waals surface area contributed by atoms with Crippen molar-refractivity contribution < 1.29 is 4.39 Å². The number of benzene rings is 2. The summed E-state index contributed by atoms with van der Waals surface area (Å²) in [5.74, 6) is -0.199. The van der Waals surface area contributed by atoms with Gasteiger partial charge in [0, 0.05) is 10.5 Å². The molecule has 0 aliphatic heterocycles. The highest BCUT2D eigenvalue weighted by molar-refractivity contribution is 9.10. The zero-order valence-corrected chi connectivity index (χ0v) is 12.7. The number of halogens is 2. The molecule has 2 aromatic carbocycles. The maximum atomic E-state index is 13.3. The first kappa shape index (κ1) is 14.2. The summed E-state index contributed by atoms with van der Waals surface area (Å²) in [6.45, 7) is 3.82. The van der Waals surface area contributed by atoms with Crippen LogP contribution in [0.2, 0.25) is 0 Å². The van der Waals surface area contributed by atoms with E-state index in [1.54, 1.807) is 12.1 Å². The fourth-order valence-corrected chi connectivity index (χ4v) is 2.75. The fraction of sp³-hybridized carbons (Fsp3) is 0.250. The normalized spacial score (nSPS) is 12.5. The van der Waals surface area contributed by atoms with Crippen molar-refractivity contribution in [3.8, 4) is 0 Å². The highest BCUT2D eigenvalue weighted by atomic mass is 79.9. The molecule has 0 aliphatic rings. The number of aryl methyl sites for hydroxylation is 2. The molecule has 2 rings (SSSR count). The van der Waals surface area contributed by atoms with Gasteiger partial charge in [0.25, 0.3) is 0 Å². The van der Waals surface area contributed by atoms with Gasteiger partial charge in [0.2, 0.25) is 0 Å². The molecular weight excluding hydrogens is 305 g/mol. The molecule has 0 aliphatic carbocycles. The average molecular weight is 322 g/mol. The minimum Gasteiger partial charge on any atom is -0.324 e. The Morgan fingerprint density at radius 3 is 2.16 bits per heavy atom. The van der Waals surface area contributed by atoms with E-state index in [-0.39, 0.29) is 11.9 Å². The first-order chi connectivity index (χ1) is 8.97. The van der Waals surface area contributed by atoms with Crippen molar-refractivity contribution in [3.05, 3.63) is 68.9 Å². The largest absolute Gasteiger partial charge is 0.324 e. The molecule has 0 radical (unpaired) electrons. The standard InChI is InChI=1S/C16H17BrFN/c1-10-7-14(18)8-11(2)16(10)15(19)9-12-3-5-13(17)6-4-12/h3-8,15H,9,19H2,1-2H3. The van der Waals surface area contributed by atoms with Gasteiger partial charge >= 0.3 is 0 Å². The quantitative estimate of drug-likeness (QED) is 0.888. The predicted octanol–water partition coefficient (Wildman–Crippen LogP) is 4.45. The van der Waals surface area contributed by atoms with Gasteiger partial charge in [-0.25, -0.2) is 4.39 Å². The monoisotopic (exact) mass is 321 g/mol. The third kappa shape index (κ3) is 3.43. The van der Waals surface area contributed by atoms with Crippen LogP contribution < -0.4 is 5.73 Å². The van der Waals surface area contributed by atoms with Gasteiger partial charge < -0.3 is 5.73 Å². The Hall–Kier alpha value is -1.19. The highest BCUT2D eigenvalue weighted by Gasteiger charge is 2.13. The lowest BCUT2D eigenvalue weighted by Gasteiger charge is -2.18. The van der Waals surface area contributed by atoms with Gasteiger partial charge in [-0.3, -0.25) is 0 Å². The van der Waals surface area contributed by atoms with Gasteiger partial charge in [0.1, 0.15) is 5.82 Å². The van der Waals surface area contributed by atoms with E-state index in [9.17, 15) is 4.39 Å². The van der Waals surface area contributed by atoms with Gasteiger partial charge in [-0.05, 0) is 66.8 Å². The third-order valence-electron chi connectivity index (χ3n) is 3.30. The van der Waals surface area contributed by atoms with Crippen LogP contribution in [0.3, 0.4) is 0 Å². The van der Waals surface area contributed by atoms with E-state index in [0.29, 0.717) is 0 Å². The Labute approximate surface area is 121 Å². The summed E-state index contributed by atoms with van der Waals surface area (Å²) in [4.78, 5) is 0. The maximum absolute atomic E-state index is 13.3. The van der Waals surface area contributed by atoms with Gasteiger partial charge in [-0.15, -0.1) is 0 Å². The lowest BCUT2D eigenvalue weighted by Crippen LogP contribution is -2.16. The number of nitrogens with two attached hydrogens (primary N) is 1. The van der Waals surface area contributed by atoms with Crippen molar-refractivity contribution in [1.82, 2.24) is 0 Å². The van der Waals surface area contributed by atoms with E-state index < -0.39 is 0 Å². The van der Waals surface area contributed by atoms with Crippen molar-refractivity contribution in [3.63, 3.8) is 0 Å². The van der Waals surface area contributed by atoms with Crippen LogP contribution in [0.25, 0.3) is 0 Å². The summed E-state index contributed by atoms with van der Waals surface area (Å²) in [5.41, 5.74) is 10.3. The molecule has 1 nitrogen and oxygen atoms in total. The van der Waals surface area contributed by atoms with E-state index >= 15 is 0 Å². The Balaban J connectivity index is 2.25. The van der Waals surface area contributed by atoms with E-state index in [2.05, 4.69) is 28.1 Å². The third-order valence-corrected chi connectivity index (χ3v) is 3.83. The SMILES string of the molecule is Cc1cc(F)cc(C)c1C(N)Cc1ccc(Br)cc1. The lowest BCUT2D eigenvalue weighted by molar-refractivity contribution is 0.620. The van der Waals surface area contributed by atoms with Crippen LogP contribution in [0.15, 0.2) is 40.9 Å². The van der Waals surface area contributed by atoms with Crippen LogP contribution in [0.5, 0.6) is 0 Å². The number of hydrogen-bond donors (Lipinski definition) is 1.